The van der Waals surface area contributed by atoms with Crippen LogP contribution in [0.4, 0.5) is 23.4 Å². The van der Waals surface area contributed by atoms with Crippen LogP contribution in [0.3, 0.4) is 0 Å². The monoisotopic (exact) mass is 463 g/mol. The van der Waals surface area contributed by atoms with Crippen LogP contribution >= 0.6 is 0 Å². The SMILES string of the molecule is Cc1nc(NCc2cccc(C(F)F)c2F)c2cc(C3(F)CCN(C)CC3)c(=O)n(C)c2n1. The third-order valence-corrected chi connectivity index (χ3v) is 6.23. The van der Waals surface area contributed by atoms with E-state index in [9.17, 15) is 18.0 Å². The molecule has 0 spiro atoms. The number of nitrogens with zero attached hydrogens (tertiary/aromatic N) is 4. The van der Waals surface area contributed by atoms with Crippen LogP contribution in [0.5, 0.6) is 0 Å². The number of halogens is 4. The third-order valence-electron chi connectivity index (χ3n) is 6.23. The summed E-state index contributed by atoms with van der Waals surface area (Å²) in [6.45, 7) is 2.55. The number of anilines is 1. The number of nitrogens with one attached hydrogen (secondary N) is 1. The fourth-order valence-electron chi connectivity index (χ4n) is 4.22. The van der Waals surface area contributed by atoms with Crippen LogP contribution in [0.15, 0.2) is 29.1 Å². The van der Waals surface area contributed by atoms with E-state index in [-0.39, 0.29) is 36.3 Å². The van der Waals surface area contributed by atoms with Crippen molar-refractivity contribution >= 4 is 16.9 Å². The zero-order valence-electron chi connectivity index (χ0n) is 18.6. The number of rotatable bonds is 5. The van der Waals surface area contributed by atoms with Gasteiger partial charge in [0.1, 0.15) is 28.8 Å². The molecule has 2 aromatic heterocycles. The number of alkyl halides is 3. The summed E-state index contributed by atoms with van der Waals surface area (Å²) < 4.78 is 57.7. The van der Waals surface area contributed by atoms with E-state index in [1.54, 1.807) is 6.92 Å². The van der Waals surface area contributed by atoms with Crippen molar-refractivity contribution in [2.24, 2.45) is 7.05 Å². The zero-order chi connectivity index (χ0) is 23.9. The van der Waals surface area contributed by atoms with E-state index in [2.05, 4.69) is 15.3 Å². The van der Waals surface area contributed by atoms with Crippen LogP contribution in [0.25, 0.3) is 11.0 Å². The van der Waals surface area contributed by atoms with Gasteiger partial charge in [0.25, 0.3) is 12.0 Å². The largest absolute Gasteiger partial charge is 0.365 e. The summed E-state index contributed by atoms with van der Waals surface area (Å²) in [5.74, 6) is -0.367. The minimum Gasteiger partial charge on any atom is -0.365 e. The molecule has 0 atom stereocenters. The molecule has 0 bridgehead atoms. The van der Waals surface area contributed by atoms with Gasteiger partial charge in [0.2, 0.25) is 0 Å². The number of aryl methyl sites for hydroxylation is 2. The average molecular weight is 463 g/mol. The first kappa shape index (κ1) is 23.2. The molecular formula is C23H25F4N5O. The van der Waals surface area contributed by atoms with Gasteiger partial charge in [0.05, 0.1) is 16.5 Å². The molecule has 1 aliphatic rings. The number of likely N-dealkylation sites (tertiary alicyclic amines) is 1. The van der Waals surface area contributed by atoms with Crippen molar-refractivity contribution in [1.82, 2.24) is 19.4 Å². The Labute approximate surface area is 188 Å². The number of hydrogen-bond acceptors (Lipinski definition) is 5. The molecule has 4 rings (SSSR count). The molecule has 1 aliphatic heterocycles. The highest BCUT2D eigenvalue weighted by Crippen LogP contribution is 2.36. The molecule has 1 fully saturated rings. The number of fused-ring (bicyclic) bond motifs is 1. The second-order valence-corrected chi connectivity index (χ2v) is 8.52. The van der Waals surface area contributed by atoms with Crippen molar-refractivity contribution in [2.45, 2.75) is 38.4 Å². The van der Waals surface area contributed by atoms with Crippen molar-refractivity contribution in [3.8, 4) is 0 Å². The highest BCUT2D eigenvalue weighted by molar-refractivity contribution is 5.87. The Hall–Kier alpha value is -3.01. The molecule has 0 unspecified atom stereocenters. The zero-order valence-corrected chi connectivity index (χ0v) is 18.6. The minimum absolute atomic E-state index is 0.0342. The van der Waals surface area contributed by atoms with E-state index in [1.165, 1.54) is 29.8 Å². The molecule has 1 saturated heterocycles. The molecule has 1 N–H and O–H groups in total. The van der Waals surface area contributed by atoms with E-state index in [0.717, 1.165) is 6.07 Å². The molecule has 6 nitrogen and oxygen atoms in total. The maximum absolute atomic E-state index is 15.9. The highest BCUT2D eigenvalue weighted by Gasteiger charge is 2.38. The maximum atomic E-state index is 15.9. The van der Waals surface area contributed by atoms with E-state index in [0.29, 0.717) is 29.9 Å². The lowest BCUT2D eigenvalue weighted by Crippen LogP contribution is -2.42. The average Bonchev–Trinajstić information content (AvgIpc) is 2.77. The second kappa shape index (κ2) is 8.74. The molecule has 33 heavy (non-hydrogen) atoms. The first-order valence-corrected chi connectivity index (χ1v) is 10.7. The standard InChI is InChI=1S/C23H25F4N5O/c1-13-29-20(28-12-14-5-4-6-15(18(14)24)19(25)26)16-11-17(22(33)32(3)21(16)30-13)23(27)7-9-31(2)10-8-23/h4-6,11,19H,7-10,12H2,1-3H3,(H,28,29,30). The van der Waals surface area contributed by atoms with Gasteiger partial charge in [-0.25, -0.2) is 27.5 Å². The molecule has 3 aromatic rings. The van der Waals surface area contributed by atoms with Crippen molar-refractivity contribution in [1.29, 1.82) is 0 Å². The van der Waals surface area contributed by atoms with Crippen LogP contribution in [-0.2, 0) is 19.3 Å². The summed E-state index contributed by atoms with van der Waals surface area (Å²) in [6.07, 6.45) is -2.56. The lowest BCUT2D eigenvalue weighted by Gasteiger charge is -2.34. The predicted octanol–water partition coefficient (Wildman–Crippen LogP) is 4.22. The lowest BCUT2D eigenvalue weighted by molar-refractivity contribution is 0.0659. The number of hydrogen-bond donors (Lipinski definition) is 1. The van der Waals surface area contributed by atoms with Gasteiger partial charge in [0, 0.05) is 32.2 Å². The Kier molecular flexibility index (Phi) is 6.13. The summed E-state index contributed by atoms with van der Waals surface area (Å²) in [7, 11) is 3.42. The molecule has 176 valence electrons. The van der Waals surface area contributed by atoms with E-state index < -0.39 is 29.0 Å². The first-order valence-electron chi connectivity index (χ1n) is 10.7. The Morgan fingerprint density at radius 3 is 2.55 bits per heavy atom. The van der Waals surface area contributed by atoms with Crippen molar-refractivity contribution < 1.29 is 17.6 Å². The molecule has 3 heterocycles. The number of pyridine rings is 1. The normalized spacial score (nSPS) is 16.5. The topological polar surface area (TPSA) is 63.1 Å². The third kappa shape index (κ3) is 4.31. The minimum atomic E-state index is -2.93. The smallest absolute Gasteiger partial charge is 0.266 e. The molecule has 0 saturated carbocycles. The van der Waals surface area contributed by atoms with Gasteiger partial charge in [-0.15, -0.1) is 0 Å². The summed E-state index contributed by atoms with van der Waals surface area (Å²) in [5.41, 5.74) is -2.54. The van der Waals surface area contributed by atoms with Crippen LogP contribution in [0.1, 0.15) is 41.8 Å². The number of aromatic nitrogens is 3. The number of piperidine rings is 1. The Morgan fingerprint density at radius 1 is 1.18 bits per heavy atom. The Bertz CT molecular complexity index is 1250. The van der Waals surface area contributed by atoms with Gasteiger partial charge in [-0.2, -0.15) is 0 Å². The number of benzene rings is 1. The van der Waals surface area contributed by atoms with Crippen LogP contribution in [0, 0.1) is 12.7 Å². The predicted molar refractivity (Wildman–Crippen MR) is 118 cm³/mol. The molecule has 0 aliphatic carbocycles. The van der Waals surface area contributed by atoms with Crippen LogP contribution in [0.2, 0.25) is 0 Å². The Morgan fingerprint density at radius 2 is 1.88 bits per heavy atom. The van der Waals surface area contributed by atoms with E-state index in [4.69, 9.17) is 0 Å². The molecular weight excluding hydrogens is 438 g/mol. The highest BCUT2D eigenvalue weighted by atomic mass is 19.3. The quantitative estimate of drug-likeness (QED) is 0.575. The fraction of sp³-hybridized carbons (Fsp3) is 0.435. The molecule has 1 aromatic carbocycles. The Balaban J connectivity index is 1.77. The van der Waals surface area contributed by atoms with Crippen molar-refractivity contribution in [2.75, 3.05) is 25.5 Å². The van der Waals surface area contributed by atoms with E-state index >= 15 is 4.39 Å². The fourth-order valence-corrected chi connectivity index (χ4v) is 4.22. The lowest BCUT2D eigenvalue weighted by atomic mass is 9.86. The summed E-state index contributed by atoms with van der Waals surface area (Å²) >= 11 is 0. The van der Waals surface area contributed by atoms with Gasteiger partial charge >= 0.3 is 0 Å². The van der Waals surface area contributed by atoms with Gasteiger partial charge in [-0.1, -0.05) is 18.2 Å². The van der Waals surface area contributed by atoms with Gasteiger partial charge in [-0.3, -0.25) is 9.36 Å². The van der Waals surface area contributed by atoms with Gasteiger partial charge < -0.3 is 10.2 Å². The maximum Gasteiger partial charge on any atom is 0.266 e. The molecule has 0 amide bonds. The second-order valence-electron chi connectivity index (χ2n) is 8.52. The summed E-state index contributed by atoms with van der Waals surface area (Å²) in [5, 5.41) is 3.37. The molecule has 0 radical (unpaired) electrons. The van der Waals surface area contributed by atoms with Crippen LogP contribution < -0.4 is 10.9 Å². The summed E-state index contributed by atoms with van der Waals surface area (Å²) in [6, 6.07) is 5.27. The van der Waals surface area contributed by atoms with Gasteiger partial charge in [0.15, 0.2) is 0 Å². The first-order chi connectivity index (χ1) is 15.6. The van der Waals surface area contributed by atoms with Crippen LogP contribution in [-0.4, -0.2) is 39.6 Å². The van der Waals surface area contributed by atoms with Crippen molar-refractivity contribution in [3.63, 3.8) is 0 Å². The van der Waals surface area contributed by atoms with Crippen molar-refractivity contribution in [3.05, 3.63) is 63.0 Å². The van der Waals surface area contributed by atoms with E-state index in [1.807, 2.05) is 11.9 Å². The molecule has 10 heteroatoms. The van der Waals surface area contributed by atoms with Gasteiger partial charge in [-0.05, 0) is 32.9 Å². The summed E-state index contributed by atoms with van der Waals surface area (Å²) in [4.78, 5) is 23.7.